The van der Waals surface area contributed by atoms with Crippen molar-refractivity contribution in [1.82, 2.24) is 4.90 Å². The standard InChI is InChI=1S/C14H15N3O6S2/c1-25(21,22)12-9-10(17(19)20)14(24-12)16-6-4-15(5-7-16)13(18)11-3-2-8-23-11/h2-3,8-9H,4-7H2,1H3. The zero-order valence-corrected chi connectivity index (χ0v) is 14.9. The van der Waals surface area contributed by atoms with Crippen molar-refractivity contribution in [3.8, 4) is 0 Å². The van der Waals surface area contributed by atoms with Gasteiger partial charge in [-0.15, -0.1) is 0 Å². The lowest BCUT2D eigenvalue weighted by Gasteiger charge is -2.34. The number of thiophene rings is 1. The molecule has 3 heterocycles. The number of anilines is 1. The van der Waals surface area contributed by atoms with Gasteiger partial charge in [-0.2, -0.15) is 0 Å². The second-order valence-corrected chi connectivity index (χ2v) is 8.81. The fourth-order valence-electron chi connectivity index (χ4n) is 2.56. The number of hydrogen-bond donors (Lipinski definition) is 0. The van der Waals surface area contributed by atoms with Gasteiger partial charge in [-0.25, -0.2) is 8.42 Å². The molecule has 0 bridgehead atoms. The fraction of sp³-hybridized carbons (Fsp3) is 0.357. The number of piperazine rings is 1. The van der Waals surface area contributed by atoms with Crippen molar-refractivity contribution >= 4 is 37.8 Å². The van der Waals surface area contributed by atoms with Crippen molar-refractivity contribution in [2.45, 2.75) is 4.21 Å². The van der Waals surface area contributed by atoms with Crippen LogP contribution < -0.4 is 4.90 Å². The third-order valence-corrected chi connectivity index (χ3v) is 6.81. The minimum Gasteiger partial charge on any atom is -0.459 e. The van der Waals surface area contributed by atoms with Crippen LogP contribution in [0.2, 0.25) is 0 Å². The lowest BCUT2D eigenvalue weighted by Crippen LogP contribution is -2.48. The SMILES string of the molecule is CS(=O)(=O)c1cc([N+](=O)[O-])c(N2CCN(C(=O)c3ccco3)CC2)s1. The highest BCUT2D eigenvalue weighted by atomic mass is 32.2. The van der Waals surface area contributed by atoms with Gasteiger partial charge in [0.15, 0.2) is 20.6 Å². The highest BCUT2D eigenvalue weighted by molar-refractivity contribution is 7.92. The van der Waals surface area contributed by atoms with Crippen LogP contribution in [0.4, 0.5) is 10.7 Å². The van der Waals surface area contributed by atoms with E-state index < -0.39 is 14.8 Å². The van der Waals surface area contributed by atoms with E-state index in [1.165, 1.54) is 6.26 Å². The summed E-state index contributed by atoms with van der Waals surface area (Å²) < 4.78 is 28.4. The summed E-state index contributed by atoms with van der Waals surface area (Å²) in [5.41, 5.74) is -0.226. The van der Waals surface area contributed by atoms with Gasteiger partial charge < -0.3 is 14.2 Å². The van der Waals surface area contributed by atoms with Crippen LogP contribution in [0.15, 0.2) is 33.1 Å². The van der Waals surface area contributed by atoms with E-state index in [0.717, 1.165) is 23.7 Å². The van der Waals surface area contributed by atoms with Crippen molar-refractivity contribution in [2.75, 3.05) is 37.3 Å². The summed E-state index contributed by atoms with van der Waals surface area (Å²) in [6.07, 6.45) is 2.44. The van der Waals surface area contributed by atoms with Gasteiger partial charge in [-0.1, -0.05) is 11.3 Å². The maximum absolute atomic E-state index is 12.2. The molecule has 0 spiro atoms. The van der Waals surface area contributed by atoms with Gasteiger partial charge in [0, 0.05) is 38.5 Å². The maximum Gasteiger partial charge on any atom is 0.305 e. The largest absolute Gasteiger partial charge is 0.459 e. The Bertz CT molecular complexity index is 895. The van der Waals surface area contributed by atoms with Crippen LogP contribution >= 0.6 is 11.3 Å². The van der Waals surface area contributed by atoms with Crippen molar-refractivity contribution in [1.29, 1.82) is 0 Å². The van der Waals surface area contributed by atoms with Crippen LogP contribution in [0.1, 0.15) is 10.6 Å². The van der Waals surface area contributed by atoms with Crippen LogP contribution in [0.25, 0.3) is 0 Å². The van der Waals surface area contributed by atoms with Crippen LogP contribution in [0.3, 0.4) is 0 Å². The molecule has 0 saturated carbocycles. The molecule has 1 amide bonds. The van der Waals surface area contributed by atoms with Gasteiger partial charge in [-0.3, -0.25) is 14.9 Å². The monoisotopic (exact) mass is 385 g/mol. The third-order valence-electron chi connectivity index (χ3n) is 3.82. The average Bonchev–Trinajstić information content (AvgIpc) is 3.23. The number of hydrogen-bond acceptors (Lipinski definition) is 8. The first-order valence-electron chi connectivity index (χ1n) is 7.33. The molecule has 1 aliphatic rings. The first-order valence-corrected chi connectivity index (χ1v) is 10.0. The van der Waals surface area contributed by atoms with Gasteiger partial charge in [-0.05, 0) is 12.1 Å². The summed E-state index contributed by atoms with van der Waals surface area (Å²) in [7, 11) is -3.52. The lowest BCUT2D eigenvalue weighted by atomic mass is 10.3. The Morgan fingerprint density at radius 2 is 2.00 bits per heavy atom. The zero-order chi connectivity index (χ0) is 18.2. The lowest BCUT2D eigenvalue weighted by molar-refractivity contribution is -0.383. The molecule has 1 saturated heterocycles. The Morgan fingerprint density at radius 3 is 2.52 bits per heavy atom. The molecule has 0 N–H and O–H groups in total. The minimum absolute atomic E-state index is 0.0386. The Labute approximate surface area is 147 Å². The fourth-order valence-corrected chi connectivity index (χ4v) is 4.64. The van der Waals surface area contributed by atoms with Crippen molar-refractivity contribution in [3.63, 3.8) is 0 Å². The number of carbonyl (C=O) groups excluding carboxylic acids is 1. The van der Waals surface area contributed by atoms with Gasteiger partial charge in [0.2, 0.25) is 0 Å². The molecule has 134 valence electrons. The Balaban J connectivity index is 1.78. The van der Waals surface area contributed by atoms with Crippen LogP contribution in [0, 0.1) is 10.1 Å². The van der Waals surface area contributed by atoms with E-state index in [1.54, 1.807) is 21.9 Å². The normalized spacial score (nSPS) is 15.4. The van der Waals surface area contributed by atoms with E-state index in [1.807, 2.05) is 0 Å². The van der Waals surface area contributed by atoms with Gasteiger partial charge in [0.1, 0.15) is 4.21 Å². The molecule has 0 atom stereocenters. The van der Waals surface area contributed by atoms with Crippen molar-refractivity contribution in [3.05, 3.63) is 40.3 Å². The second-order valence-electron chi connectivity index (χ2n) is 5.54. The second kappa shape index (κ2) is 6.48. The molecule has 0 radical (unpaired) electrons. The summed E-state index contributed by atoms with van der Waals surface area (Å²) in [6, 6.07) is 4.30. The summed E-state index contributed by atoms with van der Waals surface area (Å²) in [5, 5.41) is 11.5. The molecule has 2 aromatic rings. The summed E-state index contributed by atoms with van der Waals surface area (Å²) in [6.45, 7) is 1.47. The highest BCUT2D eigenvalue weighted by Crippen LogP contribution is 2.40. The molecule has 3 rings (SSSR count). The Hall–Kier alpha value is -2.40. The average molecular weight is 385 g/mol. The molecule has 0 aliphatic carbocycles. The van der Waals surface area contributed by atoms with Gasteiger partial charge in [0.25, 0.3) is 5.91 Å². The molecule has 25 heavy (non-hydrogen) atoms. The molecule has 9 nitrogen and oxygen atoms in total. The number of sulfone groups is 1. The number of furan rings is 1. The van der Waals surface area contributed by atoms with Gasteiger partial charge in [0.05, 0.1) is 11.2 Å². The Kier molecular flexibility index (Phi) is 4.52. The Morgan fingerprint density at radius 1 is 1.32 bits per heavy atom. The topological polar surface area (TPSA) is 114 Å². The molecular weight excluding hydrogens is 370 g/mol. The summed E-state index contributed by atoms with van der Waals surface area (Å²) >= 11 is 0.883. The number of carbonyl (C=O) groups is 1. The van der Waals surface area contributed by atoms with E-state index in [9.17, 15) is 23.3 Å². The number of rotatable bonds is 4. The predicted molar refractivity (Wildman–Crippen MR) is 90.9 cm³/mol. The van der Waals surface area contributed by atoms with Crippen molar-refractivity contribution < 1.29 is 22.6 Å². The number of nitrogens with zero attached hydrogens (tertiary/aromatic N) is 3. The molecular formula is C14H15N3O6S2. The highest BCUT2D eigenvalue weighted by Gasteiger charge is 2.31. The summed E-state index contributed by atoms with van der Waals surface area (Å²) in [4.78, 5) is 26.3. The van der Waals surface area contributed by atoms with Gasteiger partial charge >= 0.3 is 5.69 Å². The molecule has 11 heteroatoms. The molecule has 0 aromatic carbocycles. The first kappa shape index (κ1) is 17.4. The minimum atomic E-state index is -3.52. The molecule has 0 unspecified atom stereocenters. The summed E-state index contributed by atoms with van der Waals surface area (Å²) in [5.74, 6) is 0.0112. The maximum atomic E-state index is 12.2. The number of nitro groups is 1. The van der Waals surface area contributed by atoms with E-state index >= 15 is 0 Å². The molecule has 1 fully saturated rings. The van der Waals surface area contributed by atoms with E-state index in [2.05, 4.69) is 0 Å². The van der Waals surface area contributed by atoms with Crippen molar-refractivity contribution in [2.24, 2.45) is 0 Å². The van der Waals surface area contributed by atoms with E-state index in [0.29, 0.717) is 31.2 Å². The van der Waals surface area contributed by atoms with E-state index in [-0.39, 0.29) is 21.6 Å². The third kappa shape index (κ3) is 3.51. The molecule has 2 aromatic heterocycles. The first-order chi connectivity index (χ1) is 11.8. The van der Waals surface area contributed by atoms with E-state index in [4.69, 9.17) is 4.42 Å². The molecule has 1 aliphatic heterocycles. The number of amides is 1. The predicted octanol–water partition coefficient (Wildman–Crippen LogP) is 1.62. The quantitative estimate of drug-likeness (QED) is 0.580. The van der Waals surface area contributed by atoms with Crippen LogP contribution in [0.5, 0.6) is 0 Å². The zero-order valence-electron chi connectivity index (χ0n) is 13.2. The smallest absolute Gasteiger partial charge is 0.305 e. The van der Waals surface area contributed by atoms with Crippen LogP contribution in [-0.4, -0.2) is 56.6 Å². The van der Waals surface area contributed by atoms with Crippen LogP contribution in [-0.2, 0) is 9.84 Å².